The van der Waals surface area contributed by atoms with E-state index in [1.54, 1.807) is 0 Å². The topological polar surface area (TPSA) is 34.0 Å². The third-order valence-electron chi connectivity index (χ3n) is 3.45. The Bertz CT molecular complexity index is 410. The van der Waals surface area contributed by atoms with E-state index in [1.165, 1.54) is 12.8 Å². The van der Waals surface area contributed by atoms with Crippen molar-refractivity contribution >= 4 is 21.8 Å². The van der Waals surface area contributed by atoms with Crippen molar-refractivity contribution in [2.45, 2.75) is 33.2 Å². The van der Waals surface area contributed by atoms with E-state index in [2.05, 4.69) is 28.2 Å². The van der Waals surface area contributed by atoms with E-state index in [9.17, 15) is 4.79 Å². The molecule has 0 aromatic carbocycles. The molecule has 0 radical (unpaired) electrons. The molecule has 1 aromatic rings. The van der Waals surface area contributed by atoms with Gasteiger partial charge in [-0.15, -0.1) is 0 Å². The summed E-state index contributed by atoms with van der Waals surface area (Å²) in [7, 11) is 0. The van der Waals surface area contributed by atoms with Crippen LogP contribution in [0, 0.1) is 11.8 Å². The summed E-state index contributed by atoms with van der Waals surface area (Å²) in [5.41, 5.74) is 0.738. The number of halogens is 1. The lowest BCUT2D eigenvalue weighted by molar-refractivity contribution is 0.0937. The highest BCUT2D eigenvalue weighted by Gasteiger charge is 2.28. The van der Waals surface area contributed by atoms with Crippen LogP contribution < -0.4 is 5.32 Å². The molecule has 2 rings (SSSR count). The van der Waals surface area contributed by atoms with Crippen LogP contribution in [0.25, 0.3) is 0 Å². The third kappa shape index (κ3) is 3.12. The van der Waals surface area contributed by atoms with Crippen LogP contribution in [-0.4, -0.2) is 17.0 Å². The van der Waals surface area contributed by atoms with Crippen molar-refractivity contribution in [2.24, 2.45) is 11.8 Å². The number of aromatic nitrogens is 1. The molecule has 1 fully saturated rings. The van der Waals surface area contributed by atoms with Gasteiger partial charge < -0.3 is 9.88 Å². The van der Waals surface area contributed by atoms with E-state index < -0.39 is 0 Å². The van der Waals surface area contributed by atoms with Gasteiger partial charge in [0.1, 0.15) is 5.69 Å². The molecular formula is C13H19BrN2O. The molecule has 3 nitrogen and oxygen atoms in total. The lowest BCUT2D eigenvalue weighted by Crippen LogP contribution is -2.30. The molecule has 1 saturated carbocycles. The standard InChI is InChI=1S/C13H19BrN2O/c1-3-16-8-11(14)6-12(16)13(17)15-7-9(2)10-4-5-10/h6,8-10H,3-5,7H2,1-2H3,(H,15,17). The van der Waals surface area contributed by atoms with Gasteiger partial charge in [0, 0.05) is 23.8 Å². The maximum Gasteiger partial charge on any atom is 0.267 e. The number of carbonyl (C=O) groups is 1. The first kappa shape index (κ1) is 12.7. The number of rotatable bonds is 5. The zero-order chi connectivity index (χ0) is 12.4. The number of amides is 1. The second kappa shape index (κ2) is 5.25. The molecule has 1 amide bonds. The molecule has 0 bridgehead atoms. The summed E-state index contributed by atoms with van der Waals surface area (Å²) < 4.78 is 2.92. The summed E-state index contributed by atoms with van der Waals surface area (Å²) >= 11 is 3.40. The molecule has 1 aliphatic rings. The zero-order valence-electron chi connectivity index (χ0n) is 10.4. The lowest BCUT2D eigenvalue weighted by atomic mass is 10.1. The van der Waals surface area contributed by atoms with E-state index in [1.807, 2.05) is 23.8 Å². The SMILES string of the molecule is CCn1cc(Br)cc1C(=O)NCC(C)C1CC1. The molecule has 0 aliphatic heterocycles. The number of nitrogens with one attached hydrogen (secondary N) is 1. The summed E-state index contributed by atoms with van der Waals surface area (Å²) in [6, 6.07) is 1.88. The first-order valence-electron chi connectivity index (χ1n) is 6.25. The zero-order valence-corrected chi connectivity index (χ0v) is 12.0. The maximum atomic E-state index is 12.0. The average Bonchev–Trinajstić information content (AvgIpc) is 3.09. The number of hydrogen-bond donors (Lipinski definition) is 1. The van der Waals surface area contributed by atoms with Gasteiger partial charge in [-0.05, 0) is 53.6 Å². The Kier molecular flexibility index (Phi) is 3.92. The number of carbonyl (C=O) groups excluding carboxylic acids is 1. The van der Waals surface area contributed by atoms with Gasteiger partial charge in [-0.2, -0.15) is 0 Å². The van der Waals surface area contributed by atoms with Crippen molar-refractivity contribution in [2.75, 3.05) is 6.54 Å². The van der Waals surface area contributed by atoms with E-state index >= 15 is 0 Å². The van der Waals surface area contributed by atoms with Crippen molar-refractivity contribution < 1.29 is 4.79 Å². The molecule has 1 aliphatic carbocycles. The Labute approximate surface area is 111 Å². The predicted octanol–water partition coefficient (Wildman–Crippen LogP) is 3.05. The summed E-state index contributed by atoms with van der Waals surface area (Å²) in [6.45, 7) is 5.85. The number of aryl methyl sites for hydroxylation is 1. The Morgan fingerprint density at radius 2 is 2.35 bits per heavy atom. The fraction of sp³-hybridized carbons (Fsp3) is 0.615. The van der Waals surface area contributed by atoms with Crippen LogP contribution in [0.2, 0.25) is 0 Å². The molecule has 1 N–H and O–H groups in total. The van der Waals surface area contributed by atoms with Gasteiger partial charge in [0.05, 0.1) is 0 Å². The molecule has 0 saturated heterocycles. The largest absolute Gasteiger partial charge is 0.350 e. The van der Waals surface area contributed by atoms with Crippen LogP contribution >= 0.6 is 15.9 Å². The molecule has 1 aromatic heterocycles. The molecule has 1 atom stereocenters. The molecule has 17 heavy (non-hydrogen) atoms. The Morgan fingerprint density at radius 1 is 1.65 bits per heavy atom. The average molecular weight is 299 g/mol. The minimum absolute atomic E-state index is 0.0325. The van der Waals surface area contributed by atoms with Crippen LogP contribution in [0.3, 0.4) is 0 Å². The van der Waals surface area contributed by atoms with Crippen LogP contribution in [0.1, 0.15) is 37.2 Å². The molecule has 4 heteroatoms. The predicted molar refractivity (Wildman–Crippen MR) is 72.0 cm³/mol. The van der Waals surface area contributed by atoms with Crippen LogP contribution in [-0.2, 0) is 6.54 Å². The quantitative estimate of drug-likeness (QED) is 0.891. The van der Waals surface area contributed by atoms with E-state index in [0.29, 0.717) is 5.92 Å². The summed E-state index contributed by atoms with van der Waals surface area (Å²) in [5, 5.41) is 3.03. The van der Waals surface area contributed by atoms with Crippen LogP contribution in [0.5, 0.6) is 0 Å². The number of nitrogens with zero attached hydrogens (tertiary/aromatic N) is 1. The molecule has 0 spiro atoms. The third-order valence-corrected chi connectivity index (χ3v) is 3.88. The fourth-order valence-corrected chi connectivity index (χ4v) is 2.57. The minimum Gasteiger partial charge on any atom is -0.350 e. The minimum atomic E-state index is 0.0325. The Hall–Kier alpha value is -0.770. The lowest BCUT2D eigenvalue weighted by Gasteiger charge is -2.12. The van der Waals surface area contributed by atoms with Crippen LogP contribution in [0.4, 0.5) is 0 Å². The van der Waals surface area contributed by atoms with E-state index in [4.69, 9.17) is 0 Å². The first-order valence-corrected chi connectivity index (χ1v) is 7.05. The highest BCUT2D eigenvalue weighted by Crippen LogP contribution is 2.36. The first-order chi connectivity index (χ1) is 8.11. The van der Waals surface area contributed by atoms with E-state index in [0.717, 1.165) is 29.2 Å². The monoisotopic (exact) mass is 298 g/mol. The van der Waals surface area contributed by atoms with Crippen molar-refractivity contribution in [3.05, 3.63) is 22.4 Å². The number of hydrogen-bond acceptors (Lipinski definition) is 1. The van der Waals surface area contributed by atoms with Crippen molar-refractivity contribution in [1.82, 2.24) is 9.88 Å². The van der Waals surface area contributed by atoms with Gasteiger partial charge in [0.25, 0.3) is 5.91 Å². The van der Waals surface area contributed by atoms with Gasteiger partial charge in [-0.25, -0.2) is 0 Å². The van der Waals surface area contributed by atoms with Crippen LogP contribution in [0.15, 0.2) is 16.7 Å². The van der Waals surface area contributed by atoms with Crippen molar-refractivity contribution in [1.29, 1.82) is 0 Å². The normalized spacial score (nSPS) is 16.9. The highest BCUT2D eigenvalue weighted by atomic mass is 79.9. The Balaban J connectivity index is 1.93. The second-order valence-corrected chi connectivity index (χ2v) is 5.77. The molecular weight excluding hydrogens is 280 g/mol. The smallest absolute Gasteiger partial charge is 0.267 e. The van der Waals surface area contributed by atoms with Crippen molar-refractivity contribution in [3.8, 4) is 0 Å². The molecule has 1 unspecified atom stereocenters. The van der Waals surface area contributed by atoms with Gasteiger partial charge in [-0.3, -0.25) is 4.79 Å². The molecule has 1 heterocycles. The van der Waals surface area contributed by atoms with E-state index in [-0.39, 0.29) is 5.91 Å². The molecule has 94 valence electrons. The Morgan fingerprint density at radius 3 is 2.94 bits per heavy atom. The summed E-state index contributed by atoms with van der Waals surface area (Å²) in [6.07, 6.45) is 4.60. The summed E-state index contributed by atoms with van der Waals surface area (Å²) in [5.74, 6) is 1.47. The van der Waals surface area contributed by atoms with Crippen molar-refractivity contribution in [3.63, 3.8) is 0 Å². The second-order valence-electron chi connectivity index (χ2n) is 4.85. The van der Waals surface area contributed by atoms with Gasteiger partial charge in [0.15, 0.2) is 0 Å². The highest BCUT2D eigenvalue weighted by molar-refractivity contribution is 9.10. The maximum absolute atomic E-state index is 12.0. The fourth-order valence-electron chi connectivity index (χ4n) is 2.10. The van der Waals surface area contributed by atoms with Gasteiger partial charge >= 0.3 is 0 Å². The van der Waals surface area contributed by atoms with Gasteiger partial charge in [0.2, 0.25) is 0 Å². The van der Waals surface area contributed by atoms with Gasteiger partial charge in [-0.1, -0.05) is 6.92 Å². The summed E-state index contributed by atoms with van der Waals surface area (Å²) in [4.78, 5) is 12.0.